The van der Waals surface area contributed by atoms with E-state index in [0.29, 0.717) is 31.5 Å². The van der Waals surface area contributed by atoms with Crippen molar-refractivity contribution in [2.75, 3.05) is 0 Å². The number of ether oxygens (including phenoxy) is 2. The second-order valence-corrected chi connectivity index (χ2v) is 13.8. The van der Waals surface area contributed by atoms with Gasteiger partial charge < -0.3 is 14.6 Å². The molecule has 196 valence electrons. The molecule has 0 aromatic heterocycles. The number of hydrogen-bond donors (Lipinski definition) is 1. The van der Waals surface area contributed by atoms with E-state index in [1.165, 1.54) is 0 Å². The van der Waals surface area contributed by atoms with Gasteiger partial charge in [0.05, 0.1) is 18.1 Å². The average Bonchev–Trinajstić information content (AvgIpc) is 3.39. The third-order valence-corrected chi connectivity index (χ3v) is 12.1. The number of rotatable bonds is 2. The van der Waals surface area contributed by atoms with Gasteiger partial charge in [0.25, 0.3) is 0 Å². The molecule has 1 N–H and O–H groups in total. The maximum absolute atomic E-state index is 14.2. The fourth-order valence-corrected chi connectivity index (χ4v) is 9.68. The van der Waals surface area contributed by atoms with Crippen molar-refractivity contribution in [1.82, 2.24) is 0 Å². The van der Waals surface area contributed by atoms with Crippen molar-refractivity contribution in [3.8, 4) is 0 Å². The smallest absolute Gasteiger partial charge is 0.309 e. The number of carbonyl (C=O) groups is 3. The normalized spacial score (nSPS) is 53.2. The molecule has 6 heteroatoms. The minimum atomic E-state index is -0.845. The van der Waals surface area contributed by atoms with E-state index in [-0.39, 0.29) is 47.1 Å². The van der Waals surface area contributed by atoms with Gasteiger partial charge in [0, 0.05) is 29.1 Å². The third-order valence-electron chi connectivity index (χ3n) is 12.1. The molecule has 0 bridgehead atoms. The number of ketones is 2. The minimum Gasteiger partial charge on any atom is -0.458 e. The van der Waals surface area contributed by atoms with Crippen LogP contribution < -0.4 is 0 Å². The summed E-state index contributed by atoms with van der Waals surface area (Å²) in [6, 6.07) is 0. The van der Waals surface area contributed by atoms with Gasteiger partial charge in [0.2, 0.25) is 0 Å². The van der Waals surface area contributed by atoms with Crippen LogP contribution in [0.5, 0.6) is 0 Å². The lowest BCUT2D eigenvalue weighted by Crippen LogP contribution is -2.65. The van der Waals surface area contributed by atoms with Gasteiger partial charge in [-0.3, -0.25) is 14.4 Å². The Labute approximate surface area is 213 Å². The number of allylic oxidation sites excluding steroid dienone is 2. The van der Waals surface area contributed by atoms with E-state index in [1.54, 1.807) is 0 Å². The van der Waals surface area contributed by atoms with Gasteiger partial charge in [-0.25, -0.2) is 0 Å². The molecule has 1 spiro atoms. The predicted molar refractivity (Wildman–Crippen MR) is 133 cm³/mol. The van der Waals surface area contributed by atoms with Crippen LogP contribution in [0.15, 0.2) is 23.3 Å². The molecule has 3 saturated carbocycles. The van der Waals surface area contributed by atoms with Crippen LogP contribution in [0.1, 0.15) is 80.6 Å². The summed E-state index contributed by atoms with van der Waals surface area (Å²) in [7, 11) is 0. The highest BCUT2D eigenvalue weighted by molar-refractivity contribution is 6.00. The largest absolute Gasteiger partial charge is 0.458 e. The first kappa shape index (κ1) is 24.5. The Morgan fingerprint density at radius 1 is 1.08 bits per heavy atom. The highest BCUT2D eigenvalue weighted by atomic mass is 16.6. The molecule has 10 atom stereocenters. The number of aliphatic hydroxyl groups excluding tert-OH is 1. The first-order valence-corrected chi connectivity index (χ1v) is 13.7. The minimum absolute atomic E-state index is 0.0440. The van der Waals surface area contributed by atoms with E-state index in [1.807, 2.05) is 32.9 Å². The fourth-order valence-electron chi connectivity index (χ4n) is 9.68. The number of aliphatic hydroxyl groups is 1. The van der Waals surface area contributed by atoms with Crippen molar-refractivity contribution >= 4 is 17.5 Å². The maximum Gasteiger partial charge on any atom is 0.309 e. The molecule has 0 aromatic carbocycles. The van der Waals surface area contributed by atoms with Crippen LogP contribution in [-0.2, 0) is 23.9 Å². The molecule has 2 saturated heterocycles. The Kier molecular flexibility index (Phi) is 4.76. The Hall–Kier alpha value is -1.79. The highest BCUT2D eigenvalue weighted by Crippen LogP contribution is 2.79. The number of fused-ring (bicyclic) bond motifs is 3. The molecule has 0 unspecified atom stereocenters. The molecule has 6 rings (SSSR count). The molecule has 6 aliphatic rings. The molecular formula is C30H40O6. The van der Waals surface area contributed by atoms with Gasteiger partial charge in [0.1, 0.15) is 17.5 Å². The zero-order valence-corrected chi connectivity index (χ0v) is 22.6. The van der Waals surface area contributed by atoms with E-state index in [9.17, 15) is 19.5 Å². The Morgan fingerprint density at radius 2 is 1.78 bits per heavy atom. The summed E-state index contributed by atoms with van der Waals surface area (Å²) in [6.45, 7) is 14.3. The van der Waals surface area contributed by atoms with E-state index in [2.05, 4.69) is 27.7 Å². The lowest BCUT2D eigenvalue weighted by Gasteiger charge is -2.60. The van der Waals surface area contributed by atoms with Gasteiger partial charge in [-0.2, -0.15) is 0 Å². The molecule has 36 heavy (non-hydrogen) atoms. The summed E-state index contributed by atoms with van der Waals surface area (Å²) in [5.74, 6) is -0.0404. The van der Waals surface area contributed by atoms with E-state index in [0.717, 1.165) is 17.6 Å². The van der Waals surface area contributed by atoms with Crippen LogP contribution in [0, 0.1) is 39.4 Å². The van der Waals surface area contributed by atoms with E-state index >= 15 is 0 Å². The van der Waals surface area contributed by atoms with E-state index in [4.69, 9.17) is 9.47 Å². The third kappa shape index (κ3) is 2.54. The van der Waals surface area contributed by atoms with Crippen LogP contribution in [0.3, 0.4) is 0 Å². The first-order valence-electron chi connectivity index (χ1n) is 13.7. The molecule has 5 fully saturated rings. The van der Waals surface area contributed by atoms with Crippen molar-refractivity contribution in [3.63, 3.8) is 0 Å². The molecule has 0 radical (unpaired) electrons. The Bertz CT molecular complexity index is 1150. The fraction of sp³-hybridized carbons (Fsp3) is 0.767. The number of esters is 1. The standard InChI is InChI=1S/C30H40O6/c1-15(10-17-11-16(2)25(34)35-17)18-12-23(33)29(7)28(18,6)22(32)13-20-27(5)9-8-21(31)26(3,4)19(27)14-24-30(20,29)36-24/h10,13,16-19,23-24,33H,8-9,11-12,14H2,1-7H3/t16-,17+,18+,19-,23+,24+,27-,28-,29+,30-/m0/s1. The van der Waals surface area contributed by atoms with Crippen LogP contribution in [-0.4, -0.2) is 46.6 Å². The highest BCUT2D eigenvalue weighted by Gasteiger charge is 2.85. The van der Waals surface area contributed by atoms with Crippen molar-refractivity contribution < 1.29 is 29.0 Å². The van der Waals surface area contributed by atoms with Gasteiger partial charge in [-0.1, -0.05) is 47.1 Å². The second kappa shape index (κ2) is 6.99. The van der Waals surface area contributed by atoms with Gasteiger partial charge >= 0.3 is 5.97 Å². The zero-order valence-electron chi connectivity index (χ0n) is 22.6. The second-order valence-electron chi connectivity index (χ2n) is 13.8. The van der Waals surface area contributed by atoms with Gasteiger partial charge in [-0.15, -0.1) is 0 Å². The lowest BCUT2D eigenvalue weighted by atomic mass is 9.40. The Balaban J connectivity index is 1.45. The summed E-state index contributed by atoms with van der Waals surface area (Å²) >= 11 is 0. The quantitative estimate of drug-likeness (QED) is 0.347. The van der Waals surface area contributed by atoms with Crippen LogP contribution in [0.25, 0.3) is 0 Å². The average molecular weight is 497 g/mol. The predicted octanol–water partition coefficient (Wildman–Crippen LogP) is 4.34. The number of hydrogen-bond acceptors (Lipinski definition) is 6. The van der Waals surface area contributed by atoms with Gasteiger partial charge in [0.15, 0.2) is 5.78 Å². The molecule has 2 aliphatic heterocycles. The lowest BCUT2D eigenvalue weighted by molar-refractivity contribution is -0.148. The molecule has 0 amide bonds. The molecule has 0 aromatic rings. The summed E-state index contributed by atoms with van der Waals surface area (Å²) in [4.78, 5) is 39.1. The molecule has 4 aliphatic carbocycles. The van der Waals surface area contributed by atoms with Crippen molar-refractivity contribution in [1.29, 1.82) is 0 Å². The number of cyclic esters (lactones) is 1. The van der Waals surface area contributed by atoms with Crippen LogP contribution in [0.2, 0.25) is 0 Å². The summed E-state index contributed by atoms with van der Waals surface area (Å²) in [5, 5.41) is 11.8. The van der Waals surface area contributed by atoms with Crippen molar-refractivity contribution in [3.05, 3.63) is 23.3 Å². The molecular weight excluding hydrogens is 456 g/mol. The number of epoxide rings is 1. The molecule has 6 nitrogen and oxygen atoms in total. The number of Topliss-reactive ketones (excluding diaryl/α,β-unsaturated/α-hetero) is 1. The van der Waals surface area contributed by atoms with Crippen molar-refractivity contribution in [2.45, 2.75) is 104 Å². The van der Waals surface area contributed by atoms with Crippen molar-refractivity contribution in [2.24, 2.45) is 39.4 Å². The maximum atomic E-state index is 14.2. The number of carbonyl (C=O) groups excluding carboxylic acids is 3. The first-order chi connectivity index (χ1) is 16.7. The monoisotopic (exact) mass is 496 g/mol. The van der Waals surface area contributed by atoms with Gasteiger partial charge in [-0.05, 0) is 61.2 Å². The van der Waals surface area contributed by atoms with E-state index < -0.39 is 27.9 Å². The Morgan fingerprint density at radius 3 is 2.42 bits per heavy atom. The topological polar surface area (TPSA) is 93.2 Å². The van der Waals surface area contributed by atoms with Crippen LogP contribution in [0.4, 0.5) is 0 Å². The summed E-state index contributed by atoms with van der Waals surface area (Å²) in [5.41, 5.74) is -1.09. The molecule has 2 heterocycles. The SMILES string of the molecule is CC(=C[C@@H]1C[C@H](C)C(=O)O1)[C@H]1C[C@@H](O)[C@]2(C)[C@]1(C)C(=O)C=C1[C@@]3(C)CCC(=O)C(C)(C)[C@@H]3C[C@H]3O[C@@]132. The zero-order chi connectivity index (χ0) is 26.2. The van der Waals surface area contributed by atoms with Crippen LogP contribution >= 0.6 is 0 Å². The summed E-state index contributed by atoms with van der Waals surface area (Å²) < 4.78 is 12.2. The summed E-state index contributed by atoms with van der Waals surface area (Å²) in [6.07, 6.45) is 5.86.